The van der Waals surface area contributed by atoms with Gasteiger partial charge in [0.05, 0.1) is 16.3 Å². The molecule has 0 heterocycles. The van der Waals surface area contributed by atoms with Crippen LogP contribution >= 0.6 is 0 Å². The molecular formula is C15H17N3NaO3S+. The van der Waals surface area contributed by atoms with Crippen molar-refractivity contribution in [3.63, 3.8) is 0 Å². The zero-order chi connectivity index (χ0) is 16.5. The van der Waals surface area contributed by atoms with Gasteiger partial charge in [0.25, 0.3) is 10.1 Å². The Hall–Kier alpha value is -1.25. The minimum atomic E-state index is -4.28. The summed E-state index contributed by atoms with van der Waals surface area (Å²) in [6.07, 6.45) is 0. The molecule has 0 bridgehead atoms. The fourth-order valence-electron chi connectivity index (χ4n) is 1.97. The van der Waals surface area contributed by atoms with Gasteiger partial charge < -0.3 is 5.73 Å². The van der Waals surface area contributed by atoms with Gasteiger partial charge in [0.2, 0.25) is 0 Å². The molecule has 0 aliphatic carbocycles. The van der Waals surface area contributed by atoms with E-state index in [9.17, 15) is 13.0 Å². The Morgan fingerprint density at radius 2 is 1.61 bits per heavy atom. The van der Waals surface area contributed by atoms with Crippen LogP contribution in [0.1, 0.15) is 16.7 Å². The third-order valence-corrected chi connectivity index (χ3v) is 4.30. The summed E-state index contributed by atoms with van der Waals surface area (Å²) in [6.45, 7) is 5.33. The summed E-state index contributed by atoms with van der Waals surface area (Å²) >= 11 is 0. The molecule has 6 nitrogen and oxygen atoms in total. The van der Waals surface area contributed by atoms with Crippen molar-refractivity contribution in [1.82, 2.24) is 0 Å². The largest absolute Gasteiger partial charge is 1.00 e. The van der Waals surface area contributed by atoms with E-state index in [0.717, 1.165) is 11.1 Å². The Labute approximate surface area is 157 Å². The number of nitrogens with two attached hydrogens (primary N) is 1. The molecule has 0 saturated heterocycles. The molecule has 3 N–H and O–H groups in total. The van der Waals surface area contributed by atoms with Crippen molar-refractivity contribution in [3.8, 4) is 0 Å². The summed E-state index contributed by atoms with van der Waals surface area (Å²) in [5, 5.41) is 8.16. The Morgan fingerprint density at radius 3 is 2.22 bits per heavy atom. The molecule has 0 saturated carbocycles. The van der Waals surface area contributed by atoms with Crippen LogP contribution in [0.5, 0.6) is 0 Å². The number of nitrogen functional groups attached to an aromatic ring is 1. The molecule has 0 aliphatic heterocycles. The van der Waals surface area contributed by atoms with Gasteiger partial charge in [-0.1, -0.05) is 6.07 Å². The van der Waals surface area contributed by atoms with Crippen molar-refractivity contribution in [2.45, 2.75) is 25.7 Å². The number of nitrogens with zero attached hydrogens (tertiary/aromatic N) is 2. The second-order valence-corrected chi connectivity index (χ2v) is 6.51. The molecule has 8 heteroatoms. The summed E-state index contributed by atoms with van der Waals surface area (Å²) in [5.74, 6) is 0. The molecule has 0 atom stereocenters. The van der Waals surface area contributed by atoms with E-state index in [0.29, 0.717) is 22.6 Å². The standard InChI is InChI=1S/C15H17N3O3S.Na/c1-9-4-5-12(8-15(9)22(19,20)21)17-18-14-7-10(2)13(16)6-11(14)3;/h4-8H,16H2,1-3H3,(H,19,20,21);/q;+1. The van der Waals surface area contributed by atoms with Crippen molar-refractivity contribution in [2.75, 3.05) is 5.73 Å². The van der Waals surface area contributed by atoms with Gasteiger partial charge in [-0.3, -0.25) is 4.55 Å². The number of benzene rings is 2. The first-order valence-electron chi connectivity index (χ1n) is 6.55. The summed E-state index contributed by atoms with van der Waals surface area (Å²) in [4.78, 5) is -0.172. The molecule has 2 aromatic carbocycles. The van der Waals surface area contributed by atoms with Gasteiger partial charge in [0.15, 0.2) is 0 Å². The van der Waals surface area contributed by atoms with E-state index in [1.807, 2.05) is 26.0 Å². The topological polar surface area (TPSA) is 105 Å². The molecule has 0 unspecified atom stereocenters. The third-order valence-electron chi connectivity index (χ3n) is 3.31. The molecule has 0 spiro atoms. The molecule has 0 aromatic heterocycles. The Bertz CT molecular complexity index is 865. The smallest absolute Gasteiger partial charge is 0.399 e. The van der Waals surface area contributed by atoms with Gasteiger partial charge in [-0.2, -0.15) is 18.6 Å². The van der Waals surface area contributed by atoms with Crippen LogP contribution in [0.2, 0.25) is 0 Å². The van der Waals surface area contributed by atoms with Crippen molar-refractivity contribution >= 4 is 27.2 Å². The van der Waals surface area contributed by atoms with Crippen molar-refractivity contribution in [3.05, 3.63) is 47.0 Å². The first-order valence-corrected chi connectivity index (χ1v) is 7.99. The van der Waals surface area contributed by atoms with Gasteiger partial charge in [-0.25, -0.2) is 0 Å². The first-order chi connectivity index (χ1) is 10.2. The molecule has 0 radical (unpaired) electrons. The van der Waals surface area contributed by atoms with Crippen LogP contribution in [0.4, 0.5) is 17.1 Å². The van der Waals surface area contributed by atoms with Gasteiger partial charge in [0, 0.05) is 5.69 Å². The van der Waals surface area contributed by atoms with Gasteiger partial charge in [-0.15, -0.1) is 0 Å². The molecule has 0 fully saturated rings. The minimum Gasteiger partial charge on any atom is -0.399 e. The fraction of sp³-hybridized carbons (Fsp3) is 0.200. The number of anilines is 1. The van der Waals surface area contributed by atoms with Crippen LogP contribution in [0.15, 0.2) is 45.5 Å². The van der Waals surface area contributed by atoms with Crippen LogP contribution in [0, 0.1) is 20.8 Å². The molecular weight excluding hydrogens is 325 g/mol. The summed E-state index contributed by atoms with van der Waals surface area (Å²) in [5.41, 5.74) is 9.69. The predicted octanol–water partition coefficient (Wildman–Crippen LogP) is 0.860. The molecule has 0 amide bonds. The number of aryl methyl sites for hydroxylation is 3. The maximum atomic E-state index is 11.3. The normalized spacial score (nSPS) is 11.5. The first kappa shape index (κ1) is 19.8. The zero-order valence-electron chi connectivity index (χ0n) is 13.5. The van der Waals surface area contributed by atoms with E-state index >= 15 is 0 Å². The maximum Gasteiger partial charge on any atom is 1.00 e. The van der Waals surface area contributed by atoms with Crippen LogP contribution in [-0.2, 0) is 10.1 Å². The van der Waals surface area contributed by atoms with Gasteiger partial charge in [-0.05, 0) is 61.7 Å². The Balaban J connectivity index is 0.00000264. The zero-order valence-corrected chi connectivity index (χ0v) is 16.3. The number of azo groups is 1. The van der Waals surface area contributed by atoms with E-state index < -0.39 is 10.1 Å². The molecule has 2 aromatic rings. The van der Waals surface area contributed by atoms with Crippen LogP contribution in [-0.4, -0.2) is 13.0 Å². The molecule has 23 heavy (non-hydrogen) atoms. The van der Waals surface area contributed by atoms with Crippen molar-refractivity contribution < 1.29 is 42.5 Å². The second-order valence-electron chi connectivity index (χ2n) is 5.12. The monoisotopic (exact) mass is 342 g/mol. The average Bonchev–Trinajstić information content (AvgIpc) is 2.41. The van der Waals surface area contributed by atoms with Crippen molar-refractivity contribution in [2.24, 2.45) is 10.2 Å². The number of rotatable bonds is 3. The molecule has 0 aliphatic rings. The minimum absolute atomic E-state index is 0. The maximum absolute atomic E-state index is 11.3. The van der Waals surface area contributed by atoms with Crippen LogP contribution in [0.3, 0.4) is 0 Å². The Morgan fingerprint density at radius 1 is 0.957 bits per heavy atom. The van der Waals surface area contributed by atoms with E-state index in [2.05, 4.69) is 10.2 Å². The molecule has 116 valence electrons. The summed E-state index contributed by atoms with van der Waals surface area (Å²) < 4.78 is 31.7. The van der Waals surface area contributed by atoms with Crippen molar-refractivity contribution in [1.29, 1.82) is 0 Å². The van der Waals surface area contributed by atoms with Gasteiger partial charge in [0.1, 0.15) is 0 Å². The summed E-state index contributed by atoms with van der Waals surface area (Å²) in [6, 6.07) is 8.10. The SMILES string of the molecule is Cc1cc(N=Nc2ccc(C)c(S(=O)(=O)O)c2)c(C)cc1N.[Na+]. The van der Waals surface area contributed by atoms with E-state index in [1.165, 1.54) is 6.07 Å². The average molecular weight is 342 g/mol. The van der Waals surface area contributed by atoms with Crippen LogP contribution in [0.25, 0.3) is 0 Å². The molecule has 2 rings (SSSR count). The quantitative estimate of drug-likeness (QED) is 0.373. The van der Waals surface area contributed by atoms with E-state index in [4.69, 9.17) is 5.73 Å². The second kappa shape index (κ2) is 7.55. The third kappa shape index (κ3) is 4.86. The predicted molar refractivity (Wildman–Crippen MR) is 85.5 cm³/mol. The van der Waals surface area contributed by atoms with Crippen LogP contribution < -0.4 is 35.3 Å². The fourth-order valence-corrected chi connectivity index (χ4v) is 2.72. The van der Waals surface area contributed by atoms with Gasteiger partial charge >= 0.3 is 29.6 Å². The number of hydrogen-bond acceptors (Lipinski definition) is 5. The Kier molecular flexibility index (Phi) is 6.49. The summed E-state index contributed by atoms with van der Waals surface area (Å²) in [7, 11) is -4.28. The number of hydrogen-bond donors (Lipinski definition) is 2. The van der Waals surface area contributed by atoms with E-state index in [1.54, 1.807) is 19.1 Å². The van der Waals surface area contributed by atoms with E-state index in [-0.39, 0.29) is 34.5 Å².